The van der Waals surface area contributed by atoms with E-state index >= 15 is 0 Å². The molecule has 0 unspecified atom stereocenters. The Bertz CT molecular complexity index is 366. The molecule has 1 aliphatic rings. The maximum atomic E-state index is 4.47. The molecule has 0 aliphatic heterocycles. The van der Waals surface area contributed by atoms with Crippen LogP contribution in [0.25, 0.3) is 0 Å². The Morgan fingerprint density at radius 3 is 2.79 bits per heavy atom. The van der Waals surface area contributed by atoms with Crippen LogP contribution in [0.5, 0.6) is 0 Å². The lowest BCUT2D eigenvalue weighted by Crippen LogP contribution is -2.31. The molecule has 1 heterocycles. The van der Waals surface area contributed by atoms with E-state index in [0.717, 1.165) is 19.0 Å². The molecule has 0 atom stereocenters. The fraction of sp³-hybridized carbons (Fsp3) is 0.800. The Labute approximate surface area is 117 Å². The van der Waals surface area contributed by atoms with Crippen LogP contribution in [0.2, 0.25) is 0 Å². The minimum atomic E-state index is 0.597. The van der Waals surface area contributed by atoms with E-state index in [9.17, 15) is 0 Å². The first-order valence-corrected chi connectivity index (χ1v) is 7.65. The highest BCUT2D eigenvalue weighted by molar-refractivity contribution is 5.26. The minimum Gasteiger partial charge on any atom is -0.354 e. The highest BCUT2D eigenvalue weighted by Crippen LogP contribution is 2.29. The van der Waals surface area contributed by atoms with Crippen LogP contribution in [0.3, 0.4) is 0 Å². The molecule has 0 aromatic carbocycles. The number of imidazole rings is 1. The minimum absolute atomic E-state index is 0.597. The number of anilines is 1. The van der Waals surface area contributed by atoms with Crippen LogP contribution in [-0.4, -0.2) is 40.6 Å². The van der Waals surface area contributed by atoms with Crippen molar-refractivity contribution in [2.24, 2.45) is 0 Å². The van der Waals surface area contributed by atoms with Gasteiger partial charge >= 0.3 is 0 Å². The van der Waals surface area contributed by atoms with E-state index in [2.05, 4.69) is 46.9 Å². The topological polar surface area (TPSA) is 33.1 Å². The summed E-state index contributed by atoms with van der Waals surface area (Å²) in [5.41, 5.74) is 0. The molecule has 0 amide bonds. The first-order chi connectivity index (χ1) is 9.18. The molecule has 4 heteroatoms. The Morgan fingerprint density at radius 2 is 2.11 bits per heavy atom. The van der Waals surface area contributed by atoms with Crippen molar-refractivity contribution in [3.63, 3.8) is 0 Å². The van der Waals surface area contributed by atoms with Gasteiger partial charge < -0.3 is 14.8 Å². The zero-order valence-electron chi connectivity index (χ0n) is 12.6. The third-order valence-corrected chi connectivity index (χ3v) is 4.27. The quantitative estimate of drug-likeness (QED) is 0.857. The molecule has 19 heavy (non-hydrogen) atoms. The molecular formula is C15H28N4. The third-order valence-electron chi connectivity index (χ3n) is 4.27. The van der Waals surface area contributed by atoms with Crippen molar-refractivity contribution in [3.8, 4) is 0 Å². The lowest BCUT2D eigenvalue weighted by atomic mass is 9.95. The SMILES string of the molecule is CC(C)N(C)CCNc1nccn1C1CCCCC1. The largest absolute Gasteiger partial charge is 0.354 e. The van der Waals surface area contributed by atoms with E-state index < -0.39 is 0 Å². The first kappa shape index (κ1) is 14.4. The summed E-state index contributed by atoms with van der Waals surface area (Å²) in [5.74, 6) is 1.05. The predicted octanol–water partition coefficient (Wildman–Crippen LogP) is 3.14. The van der Waals surface area contributed by atoms with Gasteiger partial charge in [-0.3, -0.25) is 0 Å². The summed E-state index contributed by atoms with van der Waals surface area (Å²) in [6, 6.07) is 1.25. The second-order valence-electron chi connectivity index (χ2n) is 5.95. The van der Waals surface area contributed by atoms with E-state index in [1.807, 2.05) is 6.20 Å². The monoisotopic (exact) mass is 264 g/mol. The molecule has 2 rings (SSSR count). The van der Waals surface area contributed by atoms with Gasteiger partial charge in [-0.1, -0.05) is 19.3 Å². The maximum Gasteiger partial charge on any atom is 0.203 e. The molecule has 1 fully saturated rings. The van der Waals surface area contributed by atoms with Crippen molar-refractivity contribution >= 4 is 5.95 Å². The lowest BCUT2D eigenvalue weighted by Gasteiger charge is -2.25. The standard InChI is InChI=1S/C15H28N4/c1-13(2)18(3)11-9-16-15-17-10-12-19(15)14-7-5-4-6-8-14/h10,12-14H,4-9,11H2,1-3H3,(H,16,17). The third kappa shape index (κ3) is 3.96. The summed E-state index contributed by atoms with van der Waals surface area (Å²) >= 11 is 0. The normalized spacial score (nSPS) is 17.3. The van der Waals surface area contributed by atoms with Crippen LogP contribution < -0.4 is 5.32 Å². The first-order valence-electron chi connectivity index (χ1n) is 7.65. The van der Waals surface area contributed by atoms with Gasteiger partial charge in [0.25, 0.3) is 0 Å². The van der Waals surface area contributed by atoms with Gasteiger partial charge in [-0.15, -0.1) is 0 Å². The summed E-state index contributed by atoms with van der Waals surface area (Å²) in [5, 5.41) is 3.49. The van der Waals surface area contributed by atoms with Crippen LogP contribution in [0.4, 0.5) is 5.95 Å². The molecule has 0 radical (unpaired) electrons. The van der Waals surface area contributed by atoms with Gasteiger partial charge in [0, 0.05) is 37.6 Å². The molecule has 1 aromatic rings. The summed E-state index contributed by atoms with van der Waals surface area (Å²) < 4.78 is 2.34. The van der Waals surface area contributed by atoms with Gasteiger partial charge in [0.2, 0.25) is 5.95 Å². The zero-order chi connectivity index (χ0) is 13.7. The van der Waals surface area contributed by atoms with Gasteiger partial charge in [0.1, 0.15) is 0 Å². The molecule has 4 nitrogen and oxygen atoms in total. The fourth-order valence-corrected chi connectivity index (χ4v) is 2.71. The summed E-state index contributed by atoms with van der Waals surface area (Å²) in [6.45, 7) is 6.46. The Kier molecular flexibility index (Phi) is 5.25. The van der Waals surface area contributed by atoms with E-state index in [4.69, 9.17) is 0 Å². The van der Waals surface area contributed by atoms with E-state index in [0.29, 0.717) is 12.1 Å². The predicted molar refractivity (Wildman–Crippen MR) is 80.6 cm³/mol. The molecule has 0 saturated heterocycles. The molecule has 1 saturated carbocycles. The van der Waals surface area contributed by atoms with Crippen LogP contribution >= 0.6 is 0 Å². The van der Waals surface area contributed by atoms with Crippen LogP contribution in [-0.2, 0) is 0 Å². The highest BCUT2D eigenvalue weighted by Gasteiger charge is 2.17. The van der Waals surface area contributed by atoms with Crippen molar-refractivity contribution < 1.29 is 0 Å². The van der Waals surface area contributed by atoms with Crippen molar-refractivity contribution in [3.05, 3.63) is 12.4 Å². The highest BCUT2D eigenvalue weighted by atomic mass is 15.2. The smallest absolute Gasteiger partial charge is 0.203 e. The Morgan fingerprint density at radius 1 is 1.37 bits per heavy atom. The average Bonchev–Trinajstić information content (AvgIpc) is 2.88. The van der Waals surface area contributed by atoms with Gasteiger partial charge in [0.15, 0.2) is 0 Å². The second kappa shape index (κ2) is 6.94. The molecule has 1 aliphatic carbocycles. The van der Waals surface area contributed by atoms with Gasteiger partial charge in [-0.05, 0) is 33.7 Å². The number of aromatic nitrogens is 2. The molecule has 0 bridgehead atoms. The number of hydrogen-bond acceptors (Lipinski definition) is 3. The Hall–Kier alpha value is -1.03. The van der Waals surface area contributed by atoms with E-state index in [1.54, 1.807) is 0 Å². The maximum absolute atomic E-state index is 4.47. The number of likely N-dealkylation sites (N-methyl/N-ethyl adjacent to an activating group) is 1. The van der Waals surface area contributed by atoms with Crippen LogP contribution in [0.15, 0.2) is 12.4 Å². The second-order valence-corrected chi connectivity index (χ2v) is 5.95. The van der Waals surface area contributed by atoms with Crippen molar-refractivity contribution in [1.29, 1.82) is 0 Å². The van der Waals surface area contributed by atoms with Crippen molar-refractivity contribution in [2.75, 3.05) is 25.5 Å². The summed E-state index contributed by atoms with van der Waals surface area (Å²) in [6.07, 6.45) is 10.8. The number of nitrogens with zero attached hydrogens (tertiary/aromatic N) is 3. The van der Waals surface area contributed by atoms with Crippen LogP contribution in [0.1, 0.15) is 52.0 Å². The fourth-order valence-electron chi connectivity index (χ4n) is 2.71. The lowest BCUT2D eigenvalue weighted by molar-refractivity contribution is 0.284. The molecular weight excluding hydrogens is 236 g/mol. The number of nitrogens with one attached hydrogen (secondary N) is 1. The molecule has 1 N–H and O–H groups in total. The van der Waals surface area contributed by atoms with E-state index in [-0.39, 0.29) is 0 Å². The van der Waals surface area contributed by atoms with E-state index in [1.165, 1.54) is 32.1 Å². The summed E-state index contributed by atoms with van der Waals surface area (Å²) in [7, 11) is 2.17. The Balaban J connectivity index is 1.85. The molecule has 0 spiro atoms. The van der Waals surface area contributed by atoms with Gasteiger partial charge in [-0.25, -0.2) is 4.98 Å². The molecule has 108 valence electrons. The van der Waals surface area contributed by atoms with Crippen molar-refractivity contribution in [1.82, 2.24) is 14.5 Å². The molecule has 1 aromatic heterocycles. The van der Waals surface area contributed by atoms with Gasteiger partial charge in [0.05, 0.1) is 0 Å². The zero-order valence-corrected chi connectivity index (χ0v) is 12.6. The number of hydrogen-bond donors (Lipinski definition) is 1. The number of rotatable bonds is 6. The van der Waals surface area contributed by atoms with Crippen LogP contribution in [0, 0.1) is 0 Å². The van der Waals surface area contributed by atoms with Crippen molar-refractivity contribution in [2.45, 2.75) is 58.0 Å². The summed E-state index contributed by atoms with van der Waals surface area (Å²) in [4.78, 5) is 6.81. The average molecular weight is 264 g/mol. The van der Waals surface area contributed by atoms with Gasteiger partial charge in [-0.2, -0.15) is 0 Å².